The maximum atomic E-state index is 4.08. The Morgan fingerprint density at radius 3 is 2.87 bits per heavy atom. The van der Waals surface area contributed by atoms with E-state index in [9.17, 15) is 0 Å². The maximum Gasteiger partial charge on any atom is 0.165 e. The number of thioether (sulfide) groups is 1. The van der Waals surface area contributed by atoms with Crippen molar-refractivity contribution in [2.45, 2.75) is 26.4 Å². The van der Waals surface area contributed by atoms with Gasteiger partial charge >= 0.3 is 0 Å². The molecule has 0 spiro atoms. The molecule has 1 fully saturated rings. The first kappa shape index (κ1) is 10.9. The molecule has 0 atom stereocenters. The molecule has 0 N–H and O–H groups in total. The number of hydrogen-bond donors (Lipinski definition) is 0. The first-order chi connectivity index (χ1) is 7.40. The average Bonchev–Trinajstić information content (AvgIpc) is 2.68. The topological polar surface area (TPSA) is 46.8 Å². The van der Waals surface area contributed by atoms with Gasteiger partial charge in [0, 0.05) is 31.1 Å². The number of tetrazole rings is 1. The molecule has 1 aromatic rings. The Morgan fingerprint density at radius 2 is 2.13 bits per heavy atom. The summed E-state index contributed by atoms with van der Waals surface area (Å²) in [6, 6.07) is 0. The SMILES string of the molecule is CCCn1nnnc1CN1CCSCC1. The van der Waals surface area contributed by atoms with E-state index in [0.717, 1.165) is 38.4 Å². The van der Waals surface area contributed by atoms with Crippen LogP contribution in [0.2, 0.25) is 0 Å². The van der Waals surface area contributed by atoms with Crippen LogP contribution in [-0.4, -0.2) is 49.7 Å². The third-order valence-corrected chi connectivity index (χ3v) is 3.45. The normalized spacial score (nSPS) is 18.2. The van der Waals surface area contributed by atoms with Gasteiger partial charge in [0.1, 0.15) is 0 Å². The van der Waals surface area contributed by atoms with Gasteiger partial charge in [0.25, 0.3) is 0 Å². The summed E-state index contributed by atoms with van der Waals surface area (Å²) in [5.41, 5.74) is 0. The summed E-state index contributed by atoms with van der Waals surface area (Å²) in [6.07, 6.45) is 1.08. The summed E-state index contributed by atoms with van der Waals surface area (Å²) in [5, 5.41) is 11.8. The largest absolute Gasteiger partial charge is 0.294 e. The zero-order chi connectivity index (χ0) is 10.5. The van der Waals surface area contributed by atoms with E-state index >= 15 is 0 Å². The Balaban J connectivity index is 1.93. The lowest BCUT2D eigenvalue weighted by molar-refractivity contribution is 0.280. The summed E-state index contributed by atoms with van der Waals surface area (Å²) in [5.74, 6) is 3.47. The lowest BCUT2D eigenvalue weighted by Crippen LogP contribution is -2.33. The van der Waals surface area contributed by atoms with E-state index in [2.05, 4.69) is 27.3 Å². The van der Waals surface area contributed by atoms with Crippen molar-refractivity contribution >= 4 is 11.8 Å². The van der Waals surface area contributed by atoms with E-state index in [4.69, 9.17) is 0 Å². The van der Waals surface area contributed by atoms with E-state index in [0.29, 0.717) is 0 Å². The van der Waals surface area contributed by atoms with Gasteiger partial charge in [-0.2, -0.15) is 11.8 Å². The lowest BCUT2D eigenvalue weighted by Gasteiger charge is -2.25. The lowest BCUT2D eigenvalue weighted by atomic mass is 10.4. The van der Waals surface area contributed by atoms with Gasteiger partial charge in [-0.15, -0.1) is 5.10 Å². The van der Waals surface area contributed by atoms with Crippen molar-refractivity contribution in [3.05, 3.63) is 5.82 Å². The van der Waals surface area contributed by atoms with Gasteiger partial charge in [-0.1, -0.05) is 6.92 Å². The molecule has 0 saturated carbocycles. The van der Waals surface area contributed by atoms with E-state index in [1.54, 1.807) is 0 Å². The van der Waals surface area contributed by atoms with Gasteiger partial charge in [0.15, 0.2) is 5.82 Å². The molecule has 0 amide bonds. The molecule has 1 aliphatic heterocycles. The third-order valence-electron chi connectivity index (χ3n) is 2.51. The minimum absolute atomic E-state index is 0.896. The standard InChI is InChI=1S/C9H17N5S/c1-2-3-14-9(10-11-12-14)8-13-4-6-15-7-5-13/h2-8H2,1H3. The fraction of sp³-hybridized carbons (Fsp3) is 0.889. The molecular formula is C9H17N5S. The summed E-state index contributed by atoms with van der Waals surface area (Å²) < 4.78 is 1.92. The quantitative estimate of drug-likeness (QED) is 0.755. The first-order valence-corrected chi connectivity index (χ1v) is 6.60. The fourth-order valence-electron chi connectivity index (χ4n) is 1.68. The summed E-state index contributed by atoms with van der Waals surface area (Å²) in [4.78, 5) is 2.42. The van der Waals surface area contributed by atoms with E-state index < -0.39 is 0 Å². The van der Waals surface area contributed by atoms with Crippen LogP contribution in [0.5, 0.6) is 0 Å². The van der Waals surface area contributed by atoms with E-state index in [1.807, 2.05) is 16.4 Å². The van der Waals surface area contributed by atoms with Crippen LogP contribution in [0.4, 0.5) is 0 Å². The maximum absolute atomic E-state index is 4.08. The molecule has 5 nitrogen and oxygen atoms in total. The van der Waals surface area contributed by atoms with Crippen LogP contribution in [0.1, 0.15) is 19.2 Å². The predicted molar refractivity (Wildman–Crippen MR) is 60.7 cm³/mol. The zero-order valence-electron chi connectivity index (χ0n) is 9.09. The van der Waals surface area contributed by atoms with Gasteiger partial charge in [0.2, 0.25) is 0 Å². The van der Waals surface area contributed by atoms with E-state index in [1.165, 1.54) is 11.5 Å². The van der Waals surface area contributed by atoms with Crippen LogP contribution in [0.3, 0.4) is 0 Å². The van der Waals surface area contributed by atoms with Crippen molar-refractivity contribution in [1.29, 1.82) is 0 Å². The van der Waals surface area contributed by atoms with Gasteiger partial charge < -0.3 is 0 Å². The Labute approximate surface area is 94.2 Å². The van der Waals surface area contributed by atoms with E-state index in [-0.39, 0.29) is 0 Å². The molecule has 1 aromatic heterocycles. The highest BCUT2D eigenvalue weighted by Gasteiger charge is 2.14. The average molecular weight is 227 g/mol. The second-order valence-electron chi connectivity index (χ2n) is 3.71. The molecule has 0 radical (unpaired) electrons. The molecule has 0 unspecified atom stereocenters. The highest BCUT2D eigenvalue weighted by molar-refractivity contribution is 7.99. The molecule has 84 valence electrons. The van der Waals surface area contributed by atoms with Gasteiger partial charge in [0.05, 0.1) is 6.54 Å². The number of aryl methyl sites for hydroxylation is 1. The second-order valence-corrected chi connectivity index (χ2v) is 4.93. The van der Waals surface area contributed by atoms with Crippen LogP contribution < -0.4 is 0 Å². The summed E-state index contributed by atoms with van der Waals surface area (Å²) in [6.45, 7) is 6.27. The molecular weight excluding hydrogens is 210 g/mol. The highest BCUT2D eigenvalue weighted by atomic mass is 32.2. The first-order valence-electron chi connectivity index (χ1n) is 5.45. The molecule has 15 heavy (non-hydrogen) atoms. The Morgan fingerprint density at radius 1 is 1.33 bits per heavy atom. The Kier molecular flexibility index (Phi) is 3.96. The van der Waals surface area contributed by atoms with Crippen LogP contribution in [0.25, 0.3) is 0 Å². The second kappa shape index (κ2) is 5.46. The van der Waals surface area contributed by atoms with Crippen molar-refractivity contribution < 1.29 is 0 Å². The van der Waals surface area contributed by atoms with Gasteiger partial charge in [-0.05, 0) is 16.8 Å². The molecule has 0 aliphatic carbocycles. The Hall–Kier alpha value is -0.620. The number of rotatable bonds is 4. The third kappa shape index (κ3) is 2.92. The predicted octanol–water partition coefficient (Wildman–Crippen LogP) is 0.632. The molecule has 1 aliphatic rings. The number of nitrogens with zero attached hydrogens (tertiary/aromatic N) is 5. The summed E-state index contributed by atoms with van der Waals surface area (Å²) >= 11 is 2.03. The van der Waals surface area contributed by atoms with Crippen molar-refractivity contribution in [2.24, 2.45) is 0 Å². The Bertz CT molecular complexity index is 294. The van der Waals surface area contributed by atoms with Gasteiger partial charge in [-0.25, -0.2) is 4.68 Å². The van der Waals surface area contributed by atoms with Crippen molar-refractivity contribution in [3.63, 3.8) is 0 Å². The van der Waals surface area contributed by atoms with Gasteiger partial charge in [-0.3, -0.25) is 4.90 Å². The van der Waals surface area contributed by atoms with Crippen molar-refractivity contribution in [3.8, 4) is 0 Å². The highest BCUT2D eigenvalue weighted by Crippen LogP contribution is 2.11. The molecule has 1 saturated heterocycles. The van der Waals surface area contributed by atoms with Crippen molar-refractivity contribution in [2.75, 3.05) is 24.6 Å². The fourth-order valence-corrected chi connectivity index (χ4v) is 2.66. The zero-order valence-corrected chi connectivity index (χ0v) is 9.91. The molecule has 2 heterocycles. The monoisotopic (exact) mass is 227 g/mol. The minimum atomic E-state index is 0.896. The summed E-state index contributed by atoms with van der Waals surface area (Å²) in [7, 11) is 0. The number of aromatic nitrogens is 4. The molecule has 0 aromatic carbocycles. The molecule has 0 bridgehead atoms. The minimum Gasteiger partial charge on any atom is -0.294 e. The van der Waals surface area contributed by atoms with Crippen molar-refractivity contribution in [1.82, 2.24) is 25.1 Å². The van der Waals surface area contributed by atoms with Crippen LogP contribution in [0, 0.1) is 0 Å². The van der Waals surface area contributed by atoms with Crippen LogP contribution >= 0.6 is 11.8 Å². The molecule has 6 heteroatoms. The van der Waals surface area contributed by atoms with Crippen LogP contribution in [0.15, 0.2) is 0 Å². The smallest absolute Gasteiger partial charge is 0.165 e. The molecule has 2 rings (SSSR count). The number of hydrogen-bond acceptors (Lipinski definition) is 5. The van der Waals surface area contributed by atoms with Crippen LogP contribution in [-0.2, 0) is 13.1 Å².